The van der Waals surface area contributed by atoms with Crippen molar-refractivity contribution in [3.8, 4) is 11.5 Å². The normalized spacial score (nSPS) is 12.8. The number of aryl methyl sites for hydroxylation is 1. The molecule has 0 atom stereocenters. The number of benzene rings is 2. The molecule has 0 radical (unpaired) electrons. The Hall–Kier alpha value is -2.74. The van der Waals surface area contributed by atoms with E-state index in [1.54, 1.807) is 24.3 Å². The Morgan fingerprint density at radius 1 is 1.00 bits per heavy atom. The number of hydrogen-bond acceptors (Lipinski definition) is 4. The average Bonchev–Trinajstić information content (AvgIpc) is 3.12. The van der Waals surface area contributed by atoms with Crippen molar-refractivity contribution in [2.75, 3.05) is 13.4 Å². The van der Waals surface area contributed by atoms with Crippen LogP contribution in [0, 0.1) is 0 Å². The molecule has 0 aromatic heterocycles. The highest BCUT2D eigenvalue weighted by Crippen LogP contribution is 2.32. The van der Waals surface area contributed by atoms with Crippen molar-refractivity contribution in [3.05, 3.63) is 59.2 Å². The molecule has 1 amide bonds. The summed E-state index contributed by atoms with van der Waals surface area (Å²) in [5, 5.41) is 2.83. The molecular weight excluding hydrogens is 375 g/mol. The van der Waals surface area contributed by atoms with E-state index in [9.17, 15) is 18.0 Å². The Kier molecular flexibility index (Phi) is 6.41. The molecule has 1 aliphatic rings. The summed E-state index contributed by atoms with van der Waals surface area (Å²) >= 11 is 0. The van der Waals surface area contributed by atoms with Crippen LogP contribution in [0.25, 0.3) is 0 Å². The molecule has 0 saturated heterocycles. The van der Waals surface area contributed by atoms with Crippen LogP contribution in [0.15, 0.2) is 42.5 Å². The molecule has 1 N–H and O–H groups in total. The molecule has 1 aliphatic heterocycles. The van der Waals surface area contributed by atoms with Crippen molar-refractivity contribution in [3.63, 3.8) is 0 Å². The Morgan fingerprint density at radius 3 is 2.43 bits per heavy atom. The van der Waals surface area contributed by atoms with Gasteiger partial charge in [0.2, 0.25) is 12.7 Å². The van der Waals surface area contributed by atoms with Crippen LogP contribution in [0.5, 0.6) is 11.5 Å². The zero-order valence-electron chi connectivity index (χ0n) is 15.1. The SMILES string of the molecule is O=C(CCc1ccc2c(c1)OCO2)NCc1ccc(COCC(F)(F)F)cc1. The average molecular weight is 395 g/mol. The highest BCUT2D eigenvalue weighted by molar-refractivity contribution is 5.76. The highest BCUT2D eigenvalue weighted by atomic mass is 19.4. The van der Waals surface area contributed by atoms with Gasteiger partial charge in [0.15, 0.2) is 11.5 Å². The molecule has 0 unspecified atom stereocenters. The maximum Gasteiger partial charge on any atom is 0.411 e. The van der Waals surface area contributed by atoms with E-state index in [0.29, 0.717) is 36.4 Å². The third-order valence-corrected chi connectivity index (χ3v) is 4.12. The minimum Gasteiger partial charge on any atom is -0.454 e. The number of carbonyl (C=O) groups excluding carboxylic acids is 1. The van der Waals surface area contributed by atoms with Crippen LogP contribution in [-0.4, -0.2) is 25.5 Å². The van der Waals surface area contributed by atoms with Gasteiger partial charge in [-0.15, -0.1) is 0 Å². The van der Waals surface area contributed by atoms with Gasteiger partial charge in [0.25, 0.3) is 0 Å². The zero-order chi connectivity index (χ0) is 20.0. The van der Waals surface area contributed by atoms with E-state index in [1.165, 1.54) is 0 Å². The number of carbonyl (C=O) groups is 1. The van der Waals surface area contributed by atoms with Crippen molar-refractivity contribution in [2.24, 2.45) is 0 Å². The molecule has 0 spiro atoms. The summed E-state index contributed by atoms with van der Waals surface area (Å²) in [5.41, 5.74) is 2.49. The van der Waals surface area contributed by atoms with Gasteiger partial charge in [-0.05, 0) is 35.2 Å². The Bertz CT molecular complexity index is 806. The minimum absolute atomic E-state index is 0.0877. The molecule has 8 heteroatoms. The van der Waals surface area contributed by atoms with E-state index in [1.807, 2.05) is 18.2 Å². The molecule has 2 aromatic carbocycles. The Morgan fingerprint density at radius 2 is 1.68 bits per heavy atom. The largest absolute Gasteiger partial charge is 0.454 e. The molecule has 28 heavy (non-hydrogen) atoms. The lowest BCUT2D eigenvalue weighted by Gasteiger charge is -2.09. The number of rotatable bonds is 8. The third kappa shape index (κ3) is 6.16. The lowest BCUT2D eigenvalue weighted by molar-refractivity contribution is -0.176. The second kappa shape index (κ2) is 8.97. The van der Waals surface area contributed by atoms with Crippen LogP contribution < -0.4 is 14.8 Å². The van der Waals surface area contributed by atoms with Crippen molar-refractivity contribution in [2.45, 2.75) is 32.2 Å². The second-order valence-electron chi connectivity index (χ2n) is 6.39. The number of hydrogen-bond donors (Lipinski definition) is 1. The van der Waals surface area contributed by atoms with E-state index in [4.69, 9.17) is 9.47 Å². The van der Waals surface area contributed by atoms with Crippen LogP contribution in [0.3, 0.4) is 0 Å². The van der Waals surface area contributed by atoms with Crippen molar-refractivity contribution in [1.82, 2.24) is 5.32 Å². The summed E-state index contributed by atoms with van der Waals surface area (Å²) < 4.78 is 51.3. The third-order valence-electron chi connectivity index (χ3n) is 4.12. The fourth-order valence-electron chi connectivity index (χ4n) is 2.68. The molecule has 0 aliphatic carbocycles. The van der Waals surface area contributed by atoms with Gasteiger partial charge in [-0.3, -0.25) is 4.79 Å². The molecule has 0 bridgehead atoms. The van der Waals surface area contributed by atoms with Crippen molar-refractivity contribution >= 4 is 5.91 Å². The Labute approximate surface area is 160 Å². The van der Waals surface area contributed by atoms with E-state index in [-0.39, 0.29) is 19.3 Å². The predicted octanol–water partition coefficient (Wildman–Crippen LogP) is 3.74. The molecular formula is C20H20F3NO4. The predicted molar refractivity (Wildman–Crippen MR) is 94.9 cm³/mol. The van der Waals surface area contributed by atoms with Crippen LogP contribution in [0.1, 0.15) is 23.1 Å². The Balaban J connectivity index is 1.38. The highest BCUT2D eigenvalue weighted by Gasteiger charge is 2.27. The molecule has 1 heterocycles. The van der Waals surface area contributed by atoms with Crippen LogP contribution in [-0.2, 0) is 29.1 Å². The first-order chi connectivity index (χ1) is 13.4. The maximum absolute atomic E-state index is 12.1. The lowest BCUT2D eigenvalue weighted by atomic mass is 10.1. The van der Waals surface area contributed by atoms with Crippen molar-refractivity contribution in [1.29, 1.82) is 0 Å². The fourth-order valence-corrected chi connectivity index (χ4v) is 2.68. The van der Waals surface area contributed by atoms with Gasteiger partial charge in [-0.1, -0.05) is 30.3 Å². The molecule has 3 rings (SSSR count). The number of amides is 1. The molecule has 150 valence electrons. The van der Waals surface area contributed by atoms with E-state index in [0.717, 1.165) is 11.1 Å². The van der Waals surface area contributed by atoms with Gasteiger partial charge in [0.1, 0.15) is 6.61 Å². The van der Waals surface area contributed by atoms with E-state index < -0.39 is 12.8 Å². The van der Waals surface area contributed by atoms with E-state index >= 15 is 0 Å². The van der Waals surface area contributed by atoms with Crippen LogP contribution in [0.4, 0.5) is 13.2 Å². The monoisotopic (exact) mass is 395 g/mol. The summed E-state index contributed by atoms with van der Waals surface area (Å²) in [5.74, 6) is 1.31. The first-order valence-corrected chi connectivity index (χ1v) is 8.76. The number of alkyl halides is 3. The maximum atomic E-state index is 12.1. The molecule has 0 saturated carbocycles. The molecule has 5 nitrogen and oxygen atoms in total. The smallest absolute Gasteiger partial charge is 0.411 e. The number of ether oxygens (including phenoxy) is 3. The van der Waals surface area contributed by atoms with Gasteiger partial charge in [-0.2, -0.15) is 13.2 Å². The fraction of sp³-hybridized carbons (Fsp3) is 0.350. The molecule has 2 aromatic rings. The topological polar surface area (TPSA) is 56.8 Å². The van der Waals surface area contributed by atoms with Crippen LogP contribution >= 0.6 is 0 Å². The van der Waals surface area contributed by atoms with E-state index in [2.05, 4.69) is 10.1 Å². The first-order valence-electron chi connectivity index (χ1n) is 8.76. The summed E-state index contributed by atoms with van der Waals surface area (Å²) in [6.07, 6.45) is -3.41. The number of nitrogens with one attached hydrogen (secondary N) is 1. The number of halogens is 3. The van der Waals surface area contributed by atoms with Gasteiger partial charge in [0, 0.05) is 13.0 Å². The second-order valence-corrected chi connectivity index (χ2v) is 6.39. The summed E-state index contributed by atoms with van der Waals surface area (Å²) in [7, 11) is 0. The minimum atomic E-state index is -4.33. The van der Waals surface area contributed by atoms with Crippen molar-refractivity contribution < 1.29 is 32.2 Å². The van der Waals surface area contributed by atoms with Crippen LogP contribution in [0.2, 0.25) is 0 Å². The number of fused-ring (bicyclic) bond motifs is 1. The summed E-state index contributed by atoms with van der Waals surface area (Å²) in [6, 6.07) is 12.5. The van der Waals surface area contributed by atoms with Gasteiger partial charge < -0.3 is 19.5 Å². The molecule has 0 fully saturated rings. The zero-order valence-corrected chi connectivity index (χ0v) is 15.1. The summed E-state index contributed by atoms with van der Waals surface area (Å²) in [4.78, 5) is 12.0. The van der Waals surface area contributed by atoms with Gasteiger partial charge >= 0.3 is 6.18 Å². The first kappa shape index (κ1) is 20.0. The lowest BCUT2D eigenvalue weighted by Crippen LogP contribution is -2.23. The quantitative estimate of drug-likeness (QED) is 0.740. The van der Waals surface area contributed by atoms with Gasteiger partial charge in [-0.25, -0.2) is 0 Å². The standard InChI is InChI=1S/C20H20F3NO4/c21-20(22,23)12-26-11-16-3-1-15(2-4-16)10-24-19(25)8-6-14-5-7-17-18(9-14)28-13-27-17/h1-5,7,9H,6,8,10-13H2,(H,24,25). The summed E-state index contributed by atoms with van der Waals surface area (Å²) in [6.45, 7) is -0.813. The van der Waals surface area contributed by atoms with Gasteiger partial charge in [0.05, 0.1) is 6.61 Å².